The van der Waals surface area contributed by atoms with Gasteiger partial charge in [0.1, 0.15) is 16.9 Å². The molecule has 0 aliphatic heterocycles. The van der Waals surface area contributed by atoms with Crippen LogP contribution in [-0.4, -0.2) is 33.6 Å². The van der Waals surface area contributed by atoms with E-state index in [-0.39, 0.29) is 22.7 Å². The van der Waals surface area contributed by atoms with Gasteiger partial charge in [-0.2, -0.15) is 0 Å². The van der Waals surface area contributed by atoms with E-state index in [1.807, 2.05) is 20.8 Å². The normalized spacial score (nSPS) is 12.8. The molecule has 1 unspecified atom stereocenters. The lowest BCUT2D eigenvalue weighted by atomic mass is 9.89. The summed E-state index contributed by atoms with van der Waals surface area (Å²) in [5.74, 6) is -0.668. The number of nitrogens with zero attached hydrogens (tertiary/aromatic N) is 2. The lowest BCUT2D eigenvalue weighted by Gasteiger charge is -2.22. The number of nitrogens with one attached hydrogen (secondary N) is 1. The maximum Gasteiger partial charge on any atom is 0.300 e. The van der Waals surface area contributed by atoms with E-state index in [1.165, 1.54) is 0 Å². The minimum atomic E-state index is -0.731. The van der Waals surface area contributed by atoms with Crippen LogP contribution in [0.2, 0.25) is 5.15 Å². The Kier molecular flexibility index (Phi) is 5.62. The summed E-state index contributed by atoms with van der Waals surface area (Å²) in [4.78, 5) is 25.7. The molecule has 7 nitrogen and oxygen atoms in total. The molecule has 0 bridgehead atoms. The van der Waals surface area contributed by atoms with Gasteiger partial charge in [0, 0.05) is 6.54 Å². The van der Waals surface area contributed by atoms with Crippen LogP contribution in [0, 0.1) is 15.5 Å². The first kappa shape index (κ1) is 17.3. The highest BCUT2D eigenvalue weighted by atomic mass is 35.5. The van der Waals surface area contributed by atoms with Gasteiger partial charge >= 0.3 is 0 Å². The summed E-state index contributed by atoms with van der Waals surface area (Å²) in [6.45, 7) is 5.90. The molecule has 8 heteroatoms. The number of amides is 1. The third-order valence-corrected chi connectivity index (χ3v) is 2.84. The molecule has 0 saturated heterocycles. The molecule has 0 fully saturated rings. The van der Waals surface area contributed by atoms with E-state index in [2.05, 4.69) is 10.3 Å². The molecule has 1 aromatic rings. The summed E-state index contributed by atoms with van der Waals surface area (Å²) in [7, 11) is 0. The van der Waals surface area contributed by atoms with Gasteiger partial charge in [0.25, 0.3) is 11.6 Å². The van der Waals surface area contributed by atoms with Crippen molar-refractivity contribution in [2.24, 2.45) is 5.41 Å². The van der Waals surface area contributed by atoms with Gasteiger partial charge in [-0.15, -0.1) is 0 Å². The molecule has 1 heterocycles. The van der Waals surface area contributed by atoms with Gasteiger partial charge in [0.15, 0.2) is 0 Å². The van der Waals surface area contributed by atoms with E-state index in [0.717, 1.165) is 12.3 Å². The van der Waals surface area contributed by atoms with Gasteiger partial charge in [0.05, 0.1) is 11.0 Å². The van der Waals surface area contributed by atoms with E-state index in [1.54, 1.807) is 0 Å². The monoisotopic (exact) mass is 315 g/mol. The lowest BCUT2D eigenvalue weighted by Crippen LogP contribution is -2.34. The Labute approximate surface area is 127 Å². The molecule has 1 aromatic heterocycles. The van der Waals surface area contributed by atoms with E-state index in [9.17, 15) is 20.0 Å². The average molecular weight is 316 g/mol. The van der Waals surface area contributed by atoms with Crippen molar-refractivity contribution in [3.05, 3.63) is 33.1 Å². The smallest absolute Gasteiger partial charge is 0.300 e. The van der Waals surface area contributed by atoms with E-state index in [0.29, 0.717) is 6.42 Å². The molecule has 2 N–H and O–H groups in total. The van der Waals surface area contributed by atoms with Crippen LogP contribution in [0.15, 0.2) is 12.3 Å². The number of carbonyl (C=O) groups excluding carboxylic acids is 1. The fourth-order valence-corrected chi connectivity index (χ4v) is 1.99. The maximum absolute atomic E-state index is 12.0. The summed E-state index contributed by atoms with van der Waals surface area (Å²) in [6.07, 6.45) is 0.695. The number of aliphatic hydroxyl groups excluding tert-OH is 1. The van der Waals surface area contributed by atoms with Gasteiger partial charge in [0.2, 0.25) is 0 Å². The number of hydrogen-bond acceptors (Lipinski definition) is 5. The second-order valence-corrected chi connectivity index (χ2v) is 6.30. The minimum Gasteiger partial charge on any atom is -0.391 e. The van der Waals surface area contributed by atoms with E-state index < -0.39 is 22.6 Å². The second-order valence-electron chi connectivity index (χ2n) is 5.91. The van der Waals surface area contributed by atoms with Gasteiger partial charge in [-0.25, -0.2) is 4.98 Å². The first-order chi connectivity index (χ1) is 9.60. The average Bonchev–Trinajstić information content (AvgIpc) is 2.33. The zero-order valence-electron chi connectivity index (χ0n) is 12.1. The first-order valence-electron chi connectivity index (χ1n) is 6.36. The van der Waals surface area contributed by atoms with Crippen LogP contribution in [0.1, 0.15) is 37.6 Å². The SMILES string of the molecule is CC(C)(C)CC(O)CNC(=O)c1cc(Cl)ncc1[N+](=O)[O-]. The second kappa shape index (κ2) is 6.82. The van der Waals surface area contributed by atoms with Crippen LogP contribution in [0.3, 0.4) is 0 Å². The number of halogens is 1. The minimum absolute atomic E-state index is 0.00714. The first-order valence-corrected chi connectivity index (χ1v) is 6.74. The molecule has 1 rings (SSSR count). The predicted molar refractivity (Wildman–Crippen MR) is 78.3 cm³/mol. The van der Waals surface area contributed by atoms with Crippen molar-refractivity contribution in [1.82, 2.24) is 10.3 Å². The van der Waals surface area contributed by atoms with Crippen LogP contribution < -0.4 is 5.32 Å². The maximum atomic E-state index is 12.0. The fraction of sp³-hybridized carbons (Fsp3) is 0.538. The fourth-order valence-electron chi connectivity index (χ4n) is 1.83. The Morgan fingerprint density at radius 2 is 2.19 bits per heavy atom. The number of nitro groups is 1. The molecule has 0 radical (unpaired) electrons. The van der Waals surface area contributed by atoms with Crippen molar-refractivity contribution >= 4 is 23.2 Å². The molecule has 0 aliphatic carbocycles. The Morgan fingerprint density at radius 1 is 1.57 bits per heavy atom. The van der Waals surface area contributed by atoms with Crippen LogP contribution in [0.4, 0.5) is 5.69 Å². The molecule has 1 atom stereocenters. The molecule has 0 spiro atoms. The van der Waals surface area contributed by atoms with Gasteiger partial charge < -0.3 is 10.4 Å². The Bertz CT molecular complexity index is 543. The number of pyridine rings is 1. The zero-order valence-corrected chi connectivity index (χ0v) is 12.8. The predicted octanol–water partition coefficient (Wildman–Crippen LogP) is 2.17. The topological polar surface area (TPSA) is 105 Å². The van der Waals surface area contributed by atoms with Crippen molar-refractivity contribution in [2.75, 3.05) is 6.54 Å². The Hall–Kier alpha value is -1.73. The van der Waals surface area contributed by atoms with Crippen molar-refractivity contribution < 1.29 is 14.8 Å². The van der Waals surface area contributed by atoms with Crippen LogP contribution in [0.25, 0.3) is 0 Å². The quantitative estimate of drug-likeness (QED) is 0.492. The molecule has 0 aliphatic rings. The van der Waals surface area contributed by atoms with E-state index >= 15 is 0 Å². The highest BCUT2D eigenvalue weighted by molar-refractivity contribution is 6.29. The van der Waals surface area contributed by atoms with Crippen LogP contribution in [-0.2, 0) is 0 Å². The lowest BCUT2D eigenvalue weighted by molar-refractivity contribution is -0.385. The summed E-state index contributed by atoms with van der Waals surface area (Å²) < 4.78 is 0. The molecular weight excluding hydrogens is 298 g/mol. The summed E-state index contributed by atoms with van der Waals surface area (Å²) >= 11 is 5.65. The van der Waals surface area contributed by atoms with Gasteiger partial charge in [-0.1, -0.05) is 32.4 Å². The zero-order chi connectivity index (χ0) is 16.2. The highest BCUT2D eigenvalue weighted by Crippen LogP contribution is 2.22. The van der Waals surface area contributed by atoms with Gasteiger partial charge in [-0.05, 0) is 17.9 Å². The molecule has 1 amide bonds. The number of hydrogen-bond donors (Lipinski definition) is 2. The standard InChI is InChI=1S/C13H18ClN3O4/c1-13(2,3)5-8(18)6-16-12(19)9-4-11(14)15-7-10(9)17(20)21/h4,7-8,18H,5-6H2,1-3H3,(H,16,19). The van der Waals surface area contributed by atoms with Crippen molar-refractivity contribution in [2.45, 2.75) is 33.3 Å². The molecule has 0 aromatic carbocycles. The number of aromatic nitrogens is 1. The van der Waals surface area contributed by atoms with E-state index in [4.69, 9.17) is 11.6 Å². The largest absolute Gasteiger partial charge is 0.391 e. The number of aliphatic hydroxyl groups is 1. The molecule has 0 saturated carbocycles. The summed E-state index contributed by atoms with van der Waals surface area (Å²) in [6, 6.07) is 1.13. The van der Waals surface area contributed by atoms with Gasteiger partial charge in [-0.3, -0.25) is 14.9 Å². The highest BCUT2D eigenvalue weighted by Gasteiger charge is 2.23. The van der Waals surface area contributed by atoms with Crippen molar-refractivity contribution in [3.63, 3.8) is 0 Å². The third kappa shape index (κ3) is 5.65. The molecule has 116 valence electrons. The van der Waals surface area contributed by atoms with Crippen LogP contribution >= 0.6 is 11.6 Å². The van der Waals surface area contributed by atoms with Crippen molar-refractivity contribution in [1.29, 1.82) is 0 Å². The number of rotatable bonds is 5. The molecule has 21 heavy (non-hydrogen) atoms. The third-order valence-electron chi connectivity index (χ3n) is 2.64. The van der Waals surface area contributed by atoms with Crippen molar-refractivity contribution in [3.8, 4) is 0 Å². The van der Waals surface area contributed by atoms with Crippen LogP contribution in [0.5, 0.6) is 0 Å². The number of carbonyl (C=O) groups is 1. The molecular formula is C13H18ClN3O4. The Morgan fingerprint density at radius 3 is 2.71 bits per heavy atom. The Balaban J connectivity index is 2.76. The summed E-state index contributed by atoms with van der Waals surface area (Å²) in [5.41, 5.74) is -0.694. The summed E-state index contributed by atoms with van der Waals surface area (Å²) in [5, 5.41) is 23.1.